The highest BCUT2D eigenvalue weighted by Gasteiger charge is 2.15. The van der Waals surface area contributed by atoms with Gasteiger partial charge >= 0.3 is 0 Å². The maximum absolute atomic E-state index is 4.81. The van der Waals surface area contributed by atoms with E-state index in [1.807, 2.05) is 0 Å². The topological polar surface area (TPSA) is 31.4 Å². The quantitative estimate of drug-likeness (QED) is 0.464. The van der Waals surface area contributed by atoms with Gasteiger partial charge < -0.3 is 15.1 Å². The predicted molar refractivity (Wildman–Crippen MR) is 123 cm³/mol. The van der Waals surface area contributed by atoms with Crippen LogP contribution < -0.4 is 5.32 Å². The van der Waals surface area contributed by atoms with E-state index < -0.39 is 0 Å². The summed E-state index contributed by atoms with van der Waals surface area (Å²) >= 11 is 0. The second-order valence-corrected chi connectivity index (χ2v) is 7.48. The second-order valence-electron chi connectivity index (χ2n) is 7.48. The fourth-order valence-electron chi connectivity index (χ4n) is 4.10. The summed E-state index contributed by atoms with van der Waals surface area (Å²) in [6, 6.07) is 16.9. The first-order valence-corrected chi connectivity index (χ1v) is 10.3. The summed E-state index contributed by atoms with van der Waals surface area (Å²) in [6.45, 7) is 10.5. The normalized spacial score (nSPS) is 15.6. The monoisotopic (exact) mass is 398 g/mol. The van der Waals surface area contributed by atoms with Gasteiger partial charge in [-0.05, 0) is 38.1 Å². The molecule has 1 aromatic heterocycles. The minimum Gasteiger partial charge on any atom is -0.384 e. The van der Waals surface area contributed by atoms with Gasteiger partial charge in [-0.1, -0.05) is 43.3 Å². The smallest absolute Gasteiger partial charge is 0.0730 e. The number of fused-ring (bicyclic) bond motifs is 2. The van der Waals surface area contributed by atoms with Gasteiger partial charge in [0.25, 0.3) is 0 Å². The third-order valence-electron chi connectivity index (χ3n) is 5.55. The number of nitrogens with zero attached hydrogens (tertiary/aromatic N) is 3. The summed E-state index contributed by atoms with van der Waals surface area (Å²) in [6.07, 6.45) is 2.43. The number of hydrogen-bond acceptors (Lipinski definition) is 4. The van der Waals surface area contributed by atoms with Crippen LogP contribution in [0.1, 0.15) is 19.8 Å². The van der Waals surface area contributed by atoms with Crippen molar-refractivity contribution in [2.24, 2.45) is 0 Å². The zero-order chi connectivity index (χ0) is 18.5. The van der Waals surface area contributed by atoms with Crippen molar-refractivity contribution in [1.29, 1.82) is 0 Å². The molecule has 0 amide bonds. The first-order chi connectivity index (χ1) is 13.3. The maximum Gasteiger partial charge on any atom is 0.0730 e. The van der Waals surface area contributed by atoms with Gasteiger partial charge in [0, 0.05) is 43.5 Å². The standard InChI is InChI=1S/C23H30N4.ClH/c1-2-13-26-15-17-27(18-16-26)14-7-12-24-23-19-8-3-5-10-21(19)25-22-11-6-4-9-20(22)23;/h3-6,8-11H,2,7,12-18H2,1H3,(H,24,25);1H. The predicted octanol–water partition coefficient (Wildman–Crippen LogP) is 4.64. The summed E-state index contributed by atoms with van der Waals surface area (Å²) in [5.41, 5.74) is 3.35. The number of hydrogen-bond donors (Lipinski definition) is 1. The van der Waals surface area contributed by atoms with Crippen LogP contribution in [0.25, 0.3) is 21.8 Å². The van der Waals surface area contributed by atoms with Crippen LogP contribution >= 0.6 is 12.4 Å². The number of aromatic nitrogens is 1. The maximum atomic E-state index is 4.81. The Hall–Kier alpha value is -1.88. The Morgan fingerprint density at radius 1 is 0.821 bits per heavy atom. The Morgan fingerprint density at radius 2 is 1.36 bits per heavy atom. The number of piperazine rings is 1. The molecule has 0 saturated carbocycles. The van der Waals surface area contributed by atoms with Gasteiger partial charge in [0.15, 0.2) is 0 Å². The fourth-order valence-corrected chi connectivity index (χ4v) is 4.10. The minimum atomic E-state index is 0. The second kappa shape index (κ2) is 10.1. The molecule has 1 N–H and O–H groups in total. The van der Waals surface area contributed by atoms with Crippen molar-refractivity contribution in [3.05, 3.63) is 48.5 Å². The van der Waals surface area contributed by atoms with Crippen molar-refractivity contribution in [2.45, 2.75) is 19.8 Å². The summed E-state index contributed by atoms with van der Waals surface area (Å²) in [7, 11) is 0. The Labute approximate surface area is 174 Å². The zero-order valence-corrected chi connectivity index (χ0v) is 17.5. The Morgan fingerprint density at radius 3 is 1.93 bits per heavy atom. The van der Waals surface area contributed by atoms with Gasteiger partial charge in [-0.3, -0.25) is 0 Å². The van der Waals surface area contributed by atoms with Crippen LogP contribution in [-0.2, 0) is 0 Å². The number of rotatable bonds is 7. The molecule has 4 nitrogen and oxygen atoms in total. The molecule has 0 bridgehead atoms. The van der Waals surface area contributed by atoms with Crippen molar-refractivity contribution in [3.63, 3.8) is 0 Å². The Bertz CT molecular complexity index is 836. The van der Waals surface area contributed by atoms with E-state index in [-0.39, 0.29) is 12.4 Å². The van der Waals surface area contributed by atoms with Crippen LogP contribution in [0, 0.1) is 0 Å². The molecule has 0 atom stereocenters. The third kappa shape index (κ3) is 4.75. The van der Waals surface area contributed by atoms with Crippen molar-refractivity contribution in [3.8, 4) is 0 Å². The van der Waals surface area contributed by atoms with Gasteiger partial charge in [0.2, 0.25) is 0 Å². The van der Waals surface area contributed by atoms with Crippen LogP contribution in [0.2, 0.25) is 0 Å². The highest BCUT2D eigenvalue weighted by atomic mass is 35.5. The molecular formula is C23H31ClN4. The molecule has 1 fully saturated rings. The molecule has 1 saturated heterocycles. The van der Waals surface area contributed by atoms with E-state index in [1.165, 1.54) is 68.6 Å². The Kier molecular flexibility index (Phi) is 7.49. The molecule has 0 aliphatic carbocycles. The average Bonchev–Trinajstić information content (AvgIpc) is 2.72. The van der Waals surface area contributed by atoms with Crippen LogP contribution in [0.15, 0.2) is 48.5 Å². The number of halogens is 1. The van der Waals surface area contributed by atoms with Gasteiger partial charge in [0.1, 0.15) is 0 Å². The lowest BCUT2D eigenvalue weighted by Gasteiger charge is -2.34. The average molecular weight is 399 g/mol. The van der Waals surface area contributed by atoms with Gasteiger partial charge in [-0.15, -0.1) is 12.4 Å². The van der Waals surface area contributed by atoms with E-state index in [0.717, 1.165) is 17.6 Å². The molecule has 0 spiro atoms. The molecule has 1 aliphatic heterocycles. The lowest BCUT2D eigenvalue weighted by Crippen LogP contribution is -2.46. The van der Waals surface area contributed by atoms with E-state index in [0.29, 0.717) is 0 Å². The third-order valence-corrected chi connectivity index (χ3v) is 5.55. The summed E-state index contributed by atoms with van der Waals surface area (Å²) in [5.74, 6) is 0. The van der Waals surface area contributed by atoms with E-state index in [4.69, 9.17) is 4.98 Å². The largest absolute Gasteiger partial charge is 0.384 e. The number of benzene rings is 2. The summed E-state index contributed by atoms with van der Waals surface area (Å²) in [4.78, 5) is 10.0. The van der Waals surface area contributed by atoms with Crippen LogP contribution in [0.3, 0.4) is 0 Å². The van der Waals surface area contributed by atoms with E-state index in [9.17, 15) is 0 Å². The first-order valence-electron chi connectivity index (χ1n) is 10.3. The van der Waals surface area contributed by atoms with Crippen LogP contribution in [0.4, 0.5) is 5.69 Å². The minimum absolute atomic E-state index is 0. The summed E-state index contributed by atoms with van der Waals surface area (Å²) < 4.78 is 0. The lowest BCUT2D eigenvalue weighted by molar-refractivity contribution is 0.132. The fraction of sp³-hybridized carbons (Fsp3) is 0.435. The van der Waals surface area contributed by atoms with Gasteiger partial charge in [-0.2, -0.15) is 0 Å². The van der Waals surface area contributed by atoms with E-state index in [2.05, 4.69) is 70.6 Å². The Balaban J connectivity index is 0.00000225. The van der Waals surface area contributed by atoms with Crippen molar-refractivity contribution in [1.82, 2.24) is 14.8 Å². The highest BCUT2D eigenvalue weighted by Crippen LogP contribution is 2.30. The number of nitrogens with one attached hydrogen (secondary N) is 1. The van der Waals surface area contributed by atoms with Crippen LogP contribution in [-0.4, -0.2) is 60.6 Å². The first kappa shape index (κ1) is 20.8. The zero-order valence-electron chi connectivity index (χ0n) is 16.7. The van der Waals surface area contributed by atoms with Gasteiger partial charge in [-0.25, -0.2) is 4.98 Å². The van der Waals surface area contributed by atoms with E-state index >= 15 is 0 Å². The molecule has 2 aromatic carbocycles. The molecule has 3 aromatic rings. The molecule has 28 heavy (non-hydrogen) atoms. The number of pyridine rings is 1. The summed E-state index contributed by atoms with van der Waals surface area (Å²) in [5, 5.41) is 6.15. The van der Waals surface area contributed by atoms with Gasteiger partial charge in [0.05, 0.1) is 16.7 Å². The SMILES string of the molecule is CCCN1CCN(CCCNc2c3ccccc3nc3ccccc23)CC1.Cl. The molecule has 150 valence electrons. The van der Waals surface area contributed by atoms with Crippen LogP contribution in [0.5, 0.6) is 0 Å². The highest BCUT2D eigenvalue weighted by molar-refractivity contribution is 6.07. The molecule has 5 heteroatoms. The van der Waals surface area contributed by atoms with Crippen molar-refractivity contribution in [2.75, 3.05) is 51.1 Å². The lowest BCUT2D eigenvalue weighted by atomic mass is 10.1. The molecule has 0 unspecified atom stereocenters. The number of anilines is 1. The molecule has 0 radical (unpaired) electrons. The molecule has 1 aliphatic rings. The molecule has 2 heterocycles. The van der Waals surface area contributed by atoms with E-state index in [1.54, 1.807) is 0 Å². The number of para-hydroxylation sites is 2. The van der Waals surface area contributed by atoms with Crippen molar-refractivity contribution >= 4 is 39.9 Å². The molecule has 4 rings (SSSR count). The molecular weight excluding hydrogens is 368 g/mol. The van der Waals surface area contributed by atoms with Crippen molar-refractivity contribution < 1.29 is 0 Å².